The average Bonchev–Trinajstić information content (AvgIpc) is 2.72. The number of nitrogens with zero attached hydrogens (tertiary/aromatic N) is 5. The smallest absolute Gasteiger partial charge is 0.252 e. The molecule has 21 heavy (non-hydrogen) atoms. The zero-order chi connectivity index (χ0) is 15.1. The van der Waals surface area contributed by atoms with Crippen LogP contribution in [0.5, 0.6) is 0 Å². The highest BCUT2D eigenvalue weighted by Crippen LogP contribution is 2.31. The largest absolute Gasteiger partial charge is 0.356 e. The molecule has 0 unspecified atom stereocenters. The monoisotopic (exact) mass is 283 g/mol. The molecule has 2 heterocycles. The fourth-order valence-electron chi connectivity index (χ4n) is 2.71. The molecule has 0 spiro atoms. The Balaban J connectivity index is 1.96. The molecular formula is C16H21N5. The third-order valence-electron chi connectivity index (χ3n) is 3.99. The number of rotatable bonds is 3. The fourth-order valence-corrected chi connectivity index (χ4v) is 2.71. The number of aryl methyl sites for hydroxylation is 3. The lowest BCUT2D eigenvalue weighted by Crippen LogP contribution is -2.39. The van der Waals surface area contributed by atoms with Gasteiger partial charge in [0.2, 0.25) is 0 Å². The van der Waals surface area contributed by atoms with Gasteiger partial charge in [0.25, 0.3) is 5.95 Å². The molecule has 0 amide bonds. The third-order valence-corrected chi connectivity index (χ3v) is 3.99. The predicted octanol–water partition coefficient (Wildman–Crippen LogP) is 2.74. The van der Waals surface area contributed by atoms with E-state index in [0.29, 0.717) is 12.0 Å². The van der Waals surface area contributed by atoms with Crippen molar-refractivity contribution in [2.75, 3.05) is 11.9 Å². The van der Waals surface area contributed by atoms with Crippen molar-refractivity contribution in [2.24, 2.45) is 0 Å². The predicted molar refractivity (Wildman–Crippen MR) is 83.9 cm³/mol. The molecule has 1 aliphatic rings. The summed E-state index contributed by atoms with van der Waals surface area (Å²) in [6.07, 6.45) is 2.10. The summed E-state index contributed by atoms with van der Waals surface area (Å²) < 4.78 is 1.80. The molecular weight excluding hydrogens is 262 g/mol. The zero-order valence-electron chi connectivity index (χ0n) is 13.1. The van der Waals surface area contributed by atoms with Crippen molar-refractivity contribution in [2.45, 2.75) is 39.7 Å². The Labute approximate surface area is 125 Å². The number of anilines is 1. The summed E-state index contributed by atoms with van der Waals surface area (Å²) in [5.74, 6) is 1.59. The minimum atomic E-state index is 0.500. The maximum Gasteiger partial charge on any atom is 0.252 e. The highest BCUT2D eigenvalue weighted by Gasteiger charge is 2.26. The van der Waals surface area contributed by atoms with Crippen molar-refractivity contribution in [3.8, 4) is 5.95 Å². The second-order valence-corrected chi connectivity index (χ2v) is 5.93. The summed E-state index contributed by atoms with van der Waals surface area (Å²) in [7, 11) is 2.09. The van der Waals surface area contributed by atoms with Gasteiger partial charge in [0, 0.05) is 30.5 Å². The first kappa shape index (κ1) is 13.8. The van der Waals surface area contributed by atoms with Crippen LogP contribution in [0.4, 0.5) is 5.82 Å². The van der Waals surface area contributed by atoms with E-state index in [1.54, 1.807) is 4.68 Å². The van der Waals surface area contributed by atoms with Crippen LogP contribution in [0, 0.1) is 20.8 Å². The van der Waals surface area contributed by atoms with Crippen LogP contribution in [0.3, 0.4) is 0 Å². The van der Waals surface area contributed by atoms with Gasteiger partial charge in [-0.3, -0.25) is 0 Å². The Morgan fingerprint density at radius 2 is 1.86 bits per heavy atom. The molecule has 1 saturated carbocycles. The van der Waals surface area contributed by atoms with Gasteiger partial charge in [-0.2, -0.15) is 10.1 Å². The van der Waals surface area contributed by atoms with Gasteiger partial charge in [0.1, 0.15) is 5.82 Å². The van der Waals surface area contributed by atoms with Crippen molar-refractivity contribution in [1.82, 2.24) is 19.7 Å². The molecule has 0 atom stereocenters. The van der Waals surface area contributed by atoms with Crippen molar-refractivity contribution in [3.05, 3.63) is 41.4 Å². The molecule has 3 rings (SSSR count). The van der Waals surface area contributed by atoms with E-state index in [0.717, 1.165) is 35.7 Å². The summed E-state index contributed by atoms with van der Waals surface area (Å²) in [5, 5.41) is 4.47. The second-order valence-electron chi connectivity index (χ2n) is 5.93. The molecule has 110 valence electrons. The quantitative estimate of drug-likeness (QED) is 0.813. The SMILES string of the molecule is C=C1CC(N(C)c2cc(C)nc(-n3nc(C)cc3C)n2)C1. The second kappa shape index (κ2) is 4.98. The molecule has 1 aliphatic carbocycles. The van der Waals surface area contributed by atoms with E-state index in [9.17, 15) is 0 Å². The number of aromatic nitrogens is 4. The van der Waals surface area contributed by atoms with Crippen molar-refractivity contribution in [3.63, 3.8) is 0 Å². The van der Waals surface area contributed by atoms with Crippen LogP contribution >= 0.6 is 0 Å². The zero-order valence-corrected chi connectivity index (χ0v) is 13.1. The van der Waals surface area contributed by atoms with Crippen molar-refractivity contribution >= 4 is 5.82 Å². The third kappa shape index (κ3) is 2.55. The van der Waals surface area contributed by atoms with E-state index in [1.165, 1.54) is 5.57 Å². The lowest BCUT2D eigenvalue weighted by atomic mass is 9.87. The van der Waals surface area contributed by atoms with Crippen LogP contribution in [-0.2, 0) is 0 Å². The summed E-state index contributed by atoms with van der Waals surface area (Å²) in [4.78, 5) is 11.4. The standard InChI is InChI=1S/C16H21N5/c1-10-6-14(7-10)20(5)15-9-11(2)17-16(18-15)21-13(4)8-12(3)19-21/h8-9,14H,1,6-7H2,2-5H3. The van der Waals surface area contributed by atoms with Gasteiger partial charge < -0.3 is 4.90 Å². The summed E-state index contributed by atoms with van der Waals surface area (Å²) >= 11 is 0. The van der Waals surface area contributed by atoms with Crippen LogP contribution in [0.2, 0.25) is 0 Å². The van der Waals surface area contributed by atoms with Crippen molar-refractivity contribution < 1.29 is 0 Å². The van der Waals surface area contributed by atoms with Gasteiger partial charge >= 0.3 is 0 Å². The molecule has 5 heteroatoms. The van der Waals surface area contributed by atoms with E-state index in [-0.39, 0.29) is 0 Å². The van der Waals surface area contributed by atoms with Crippen LogP contribution in [0.25, 0.3) is 5.95 Å². The molecule has 0 aliphatic heterocycles. The molecule has 0 saturated heterocycles. The van der Waals surface area contributed by atoms with Gasteiger partial charge in [0.15, 0.2) is 0 Å². The Morgan fingerprint density at radius 3 is 2.43 bits per heavy atom. The van der Waals surface area contributed by atoms with Crippen LogP contribution < -0.4 is 4.90 Å². The van der Waals surface area contributed by atoms with Crippen LogP contribution in [0.1, 0.15) is 29.9 Å². The molecule has 0 aromatic carbocycles. The van der Waals surface area contributed by atoms with Gasteiger partial charge in [0.05, 0.1) is 5.69 Å². The van der Waals surface area contributed by atoms with E-state index in [4.69, 9.17) is 4.98 Å². The van der Waals surface area contributed by atoms with E-state index in [1.807, 2.05) is 32.9 Å². The molecule has 0 N–H and O–H groups in total. The Bertz CT molecular complexity index is 693. The normalized spacial score (nSPS) is 15.1. The fraction of sp³-hybridized carbons (Fsp3) is 0.438. The van der Waals surface area contributed by atoms with Gasteiger partial charge in [-0.05, 0) is 39.7 Å². The number of hydrogen-bond donors (Lipinski definition) is 0. The maximum absolute atomic E-state index is 4.69. The van der Waals surface area contributed by atoms with Crippen LogP contribution in [-0.4, -0.2) is 32.8 Å². The maximum atomic E-state index is 4.69. The van der Waals surface area contributed by atoms with E-state index < -0.39 is 0 Å². The first-order valence-corrected chi connectivity index (χ1v) is 7.23. The lowest BCUT2D eigenvalue weighted by Gasteiger charge is -2.37. The molecule has 0 bridgehead atoms. The molecule has 1 fully saturated rings. The highest BCUT2D eigenvalue weighted by molar-refractivity contribution is 5.44. The number of hydrogen-bond acceptors (Lipinski definition) is 4. The summed E-state index contributed by atoms with van der Waals surface area (Å²) in [6.45, 7) is 10.0. The van der Waals surface area contributed by atoms with Crippen molar-refractivity contribution in [1.29, 1.82) is 0 Å². The van der Waals surface area contributed by atoms with Gasteiger partial charge in [-0.25, -0.2) is 9.67 Å². The van der Waals surface area contributed by atoms with Crippen LogP contribution in [0.15, 0.2) is 24.3 Å². The topological polar surface area (TPSA) is 46.8 Å². The average molecular weight is 283 g/mol. The molecule has 5 nitrogen and oxygen atoms in total. The minimum Gasteiger partial charge on any atom is -0.356 e. The highest BCUT2D eigenvalue weighted by atomic mass is 15.4. The first-order valence-electron chi connectivity index (χ1n) is 7.23. The Morgan fingerprint density at radius 1 is 1.14 bits per heavy atom. The molecule has 0 radical (unpaired) electrons. The molecule has 2 aromatic rings. The minimum absolute atomic E-state index is 0.500. The Kier molecular flexibility index (Phi) is 3.27. The van der Waals surface area contributed by atoms with E-state index in [2.05, 4.69) is 28.6 Å². The molecule has 2 aromatic heterocycles. The first-order chi connectivity index (χ1) is 9.94. The lowest BCUT2D eigenvalue weighted by molar-refractivity contribution is 0.512. The van der Waals surface area contributed by atoms with Gasteiger partial charge in [-0.1, -0.05) is 12.2 Å². The van der Waals surface area contributed by atoms with Gasteiger partial charge in [-0.15, -0.1) is 0 Å². The van der Waals surface area contributed by atoms with E-state index >= 15 is 0 Å². The Hall–Kier alpha value is -2.17. The summed E-state index contributed by atoms with van der Waals surface area (Å²) in [6, 6.07) is 4.56. The summed E-state index contributed by atoms with van der Waals surface area (Å²) in [5.41, 5.74) is 4.29.